The minimum atomic E-state index is 0.261. The standard InChI is InChI=1S/C13H14N2O2/c1-8-7-9(3-4-11(8)16)12-13(17-2)10(14)5-6-15-12/h3-7,16H,1-2H3,(H2,14,15). The quantitative estimate of drug-likeness (QED) is 0.831. The molecule has 2 rings (SSSR count). The van der Waals surface area contributed by atoms with Crippen LogP contribution in [0, 0.1) is 6.92 Å². The van der Waals surface area contributed by atoms with E-state index in [9.17, 15) is 5.11 Å². The average molecular weight is 230 g/mol. The number of nitrogen functional groups attached to an aromatic ring is 1. The summed E-state index contributed by atoms with van der Waals surface area (Å²) in [5.41, 5.74) is 8.70. The number of benzene rings is 1. The lowest BCUT2D eigenvalue weighted by Gasteiger charge is -2.10. The number of aryl methyl sites for hydroxylation is 1. The molecule has 3 N–H and O–H groups in total. The predicted octanol–water partition coefficient (Wildman–Crippen LogP) is 2.35. The number of methoxy groups -OCH3 is 1. The summed E-state index contributed by atoms with van der Waals surface area (Å²) in [4.78, 5) is 4.26. The van der Waals surface area contributed by atoms with Crippen LogP contribution in [0.1, 0.15) is 5.56 Å². The normalized spacial score (nSPS) is 10.2. The lowest BCUT2D eigenvalue weighted by atomic mass is 10.1. The Morgan fingerprint density at radius 1 is 1.29 bits per heavy atom. The molecule has 0 saturated carbocycles. The van der Waals surface area contributed by atoms with Crippen LogP contribution in [-0.4, -0.2) is 17.2 Å². The van der Waals surface area contributed by atoms with Gasteiger partial charge in [0.2, 0.25) is 0 Å². The zero-order chi connectivity index (χ0) is 12.4. The first-order valence-corrected chi connectivity index (χ1v) is 5.22. The van der Waals surface area contributed by atoms with Gasteiger partial charge in [0.1, 0.15) is 11.4 Å². The molecule has 17 heavy (non-hydrogen) atoms. The van der Waals surface area contributed by atoms with Crippen molar-refractivity contribution in [1.82, 2.24) is 4.98 Å². The van der Waals surface area contributed by atoms with Gasteiger partial charge in [0, 0.05) is 11.8 Å². The second-order valence-corrected chi connectivity index (χ2v) is 3.78. The van der Waals surface area contributed by atoms with Gasteiger partial charge in [-0.05, 0) is 36.8 Å². The Labute approximate surface area is 99.7 Å². The van der Waals surface area contributed by atoms with Gasteiger partial charge < -0.3 is 15.6 Å². The molecule has 0 unspecified atom stereocenters. The van der Waals surface area contributed by atoms with Crippen LogP contribution in [0.2, 0.25) is 0 Å². The Morgan fingerprint density at radius 2 is 2.06 bits per heavy atom. The third kappa shape index (κ3) is 2.01. The minimum absolute atomic E-state index is 0.261. The summed E-state index contributed by atoms with van der Waals surface area (Å²) in [6.45, 7) is 1.83. The van der Waals surface area contributed by atoms with Crippen molar-refractivity contribution in [3.05, 3.63) is 36.0 Å². The molecule has 88 valence electrons. The van der Waals surface area contributed by atoms with Gasteiger partial charge in [0.25, 0.3) is 0 Å². The third-order valence-electron chi connectivity index (χ3n) is 2.61. The molecule has 1 aromatic carbocycles. The lowest BCUT2D eigenvalue weighted by Crippen LogP contribution is -1.97. The molecule has 0 atom stereocenters. The molecule has 0 fully saturated rings. The first-order chi connectivity index (χ1) is 8.13. The van der Waals surface area contributed by atoms with Gasteiger partial charge in [-0.3, -0.25) is 4.98 Å². The van der Waals surface area contributed by atoms with Gasteiger partial charge in [0.15, 0.2) is 5.75 Å². The summed E-state index contributed by atoms with van der Waals surface area (Å²) >= 11 is 0. The van der Waals surface area contributed by atoms with Crippen molar-refractivity contribution in [2.45, 2.75) is 6.92 Å². The van der Waals surface area contributed by atoms with Crippen LogP contribution >= 0.6 is 0 Å². The smallest absolute Gasteiger partial charge is 0.167 e. The summed E-state index contributed by atoms with van der Waals surface area (Å²) in [6.07, 6.45) is 1.63. The predicted molar refractivity (Wildman–Crippen MR) is 67.0 cm³/mol. The van der Waals surface area contributed by atoms with E-state index in [0.717, 1.165) is 11.1 Å². The van der Waals surface area contributed by atoms with Crippen molar-refractivity contribution >= 4 is 5.69 Å². The maximum absolute atomic E-state index is 9.50. The molecule has 0 aliphatic heterocycles. The number of anilines is 1. The molecule has 1 aromatic heterocycles. The largest absolute Gasteiger partial charge is 0.508 e. The molecule has 0 spiro atoms. The number of ether oxygens (including phenoxy) is 1. The van der Waals surface area contributed by atoms with E-state index in [1.165, 1.54) is 0 Å². The molecule has 4 nitrogen and oxygen atoms in total. The van der Waals surface area contributed by atoms with Crippen LogP contribution in [0.4, 0.5) is 5.69 Å². The summed E-state index contributed by atoms with van der Waals surface area (Å²) in [7, 11) is 1.56. The highest BCUT2D eigenvalue weighted by Gasteiger charge is 2.11. The van der Waals surface area contributed by atoms with Crippen LogP contribution in [-0.2, 0) is 0 Å². The molecule has 0 aliphatic carbocycles. The van der Waals surface area contributed by atoms with Crippen molar-refractivity contribution in [3.8, 4) is 22.8 Å². The molecule has 0 radical (unpaired) electrons. The number of hydrogen-bond acceptors (Lipinski definition) is 4. The molecule has 0 bridgehead atoms. The number of rotatable bonds is 2. The van der Waals surface area contributed by atoms with E-state index < -0.39 is 0 Å². The molecule has 4 heteroatoms. The SMILES string of the molecule is COc1c(N)ccnc1-c1ccc(O)c(C)c1. The Bertz CT molecular complexity index is 553. The number of hydrogen-bond donors (Lipinski definition) is 2. The van der Waals surface area contributed by atoms with E-state index >= 15 is 0 Å². The highest BCUT2D eigenvalue weighted by molar-refractivity contribution is 5.74. The molecule has 0 saturated heterocycles. The van der Waals surface area contributed by atoms with Gasteiger partial charge in [-0.15, -0.1) is 0 Å². The van der Waals surface area contributed by atoms with E-state index in [2.05, 4.69) is 4.98 Å². The van der Waals surface area contributed by atoms with Crippen molar-refractivity contribution in [2.75, 3.05) is 12.8 Å². The summed E-state index contributed by atoms with van der Waals surface area (Å²) in [5, 5.41) is 9.50. The van der Waals surface area contributed by atoms with E-state index in [1.807, 2.05) is 13.0 Å². The number of aromatic nitrogens is 1. The third-order valence-corrected chi connectivity index (χ3v) is 2.61. The first kappa shape index (κ1) is 11.3. The molecular formula is C13H14N2O2. The van der Waals surface area contributed by atoms with Gasteiger partial charge in [-0.1, -0.05) is 0 Å². The fraction of sp³-hybridized carbons (Fsp3) is 0.154. The lowest BCUT2D eigenvalue weighted by molar-refractivity contribution is 0.417. The molecular weight excluding hydrogens is 216 g/mol. The van der Waals surface area contributed by atoms with Crippen LogP contribution < -0.4 is 10.5 Å². The number of nitrogens with two attached hydrogens (primary N) is 1. The second-order valence-electron chi connectivity index (χ2n) is 3.78. The number of phenols is 1. The minimum Gasteiger partial charge on any atom is -0.508 e. The van der Waals surface area contributed by atoms with Crippen LogP contribution in [0.5, 0.6) is 11.5 Å². The monoisotopic (exact) mass is 230 g/mol. The maximum atomic E-state index is 9.50. The highest BCUT2D eigenvalue weighted by Crippen LogP contribution is 2.34. The fourth-order valence-corrected chi connectivity index (χ4v) is 1.69. The van der Waals surface area contributed by atoms with Crippen LogP contribution in [0.3, 0.4) is 0 Å². The summed E-state index contributed by atoms with van der Waals surface area (Å²) in [6, 6.07) is 6.96. The molecule has 0 aliphatic rings. The number of pyridine rings is 1. The van der Waals surface area contributed by atoms with Gasteiger partial charge in [-0.2, -0.15) is 0 Å². The topological polar surface area (TPSA) is 68.4 Å². The van der Waals surface area contributed by atoms with Gasteiger partial charge in [-0.25, -0.2) is 0 Å². The number of nitrogens with zero attached hydrogens (tertiary/aromatic N) is 1. The van der Waals surface area contributed by atoms with E-state index in [1.54, 1.807) is 31.5 Å². The number of phenolic OH excluding ortho intramolecular Hbond substituents is 1. The van der Waals surface area contributed by atoms with Crippen LogP contribution in [0.15, 0.2) is 30.5 Å². The number of aromatic hydroxyl groups is 1. The Morgan fingerprint density at radius 3 is 2.71 bits per heavy atom. The van der Waals surface area contributed by atoms with E-state index in [4.69, 9.17) is 10.5 Å². The fourth-order valence-electron chi connectivity index (χ4n) is 1.69. The zero-order valence-electron chi connectivity index (χ0n) is 9.77. The summed E-state index contributed by atoms with van der Waals surface area (Å²) < 4.78 is 5.25. The van der Waals surface area contributed by atoms with E-state index in [-0.39, 0.29) is 5.75 Å². The van der Waals surface area contributed by atoms with E-state index in [0.29, 0.717) is 17.1 Å². The second kappa shape index (κ2) is 4.33. The molecule has 0 amide bonds. The summed E-state index contributed by atoms with van der Waals surface area (Å²) in [5.74, 6) is 0.814. The Hall–Kier alpha value is -2.23. The zero-order valence-corrected chi connectivity index (χ0v) is 9.77. The highest BCUT2D eigenvalue weighted by atomic mass is 16.5. The van der Waals surface area contributed by atoms with Crippen molar-refractivity contribution in [2.24, 2.45) is 0 Å². The van der Waals surface area contributed by atoms with Crippen LogP contribution in [0.25, 0.3) is 11.3 Å². The maximum Gasteiger partial charge on any atom is 0.167 e. The Kier molecular flexibility index (Phi) is 2.87. The van der Waals surface area contributed by atoms with Crippen molar-refractivity contribution in [1.29, 1.82) is 0 Å². The van der Waals surface area contributed by atoms with Gasteiger partial charge in [0.05, 0.1) is 12.8 Å². The molecule has 2 aromatic rings. The van der Waals surface area contributed by atoms with Crippen molar-refractivity contribution < 1.29 is 9.84 Å². The molecule has 1 heterocycles. The van der Waals surface area contributed by atoms with Gasteiger partial charge >= 0.3 is 0 Å². The average Bonchev–Trinajstić information content (AvgIpc) is 2.32. The Balaban J connectivity index is 2.60. The first-order valence-electron chi connectivity index (χ1n) is 5.22. The van der Waals surface area contributed by atoms with Crippen molar-refractivity contribution in [3.63, 3.8) is 0 Å².